The summed E-state index contributed by atoms with van der Waals surface area (Å²) in [6.45, 7) is -0.0436. The Labute approximate surface area is 97.6 Å². The molecule has 96 valence electrons. The van der Waals surface area contributed by atoms with Gasteiger partial charge < -0.3 is 10.5 Å². The van der Waals surface area contributed by atoms with Crippen LogP contribution in [-0.4, -0.2) is 27.9 Å². The zero-order valence-electron chi connectivity index (χ0n) is 9.04. The third-order valence-electron chi connectivity index (χ3n) is 1.90. The van der Waals surface area contributed by atoms with Crippen LogP contribution < -0.4 is 10.5 Å². The first-order valence-corrected chi connectivity index (χ1v) is 6.25. The quantitative estimate of drug-likeness (QED) is 0.777. The molecule has 0 saturated carbocycles. The average Bonchev–Trinajstić information content (AvgIpc) is 2.21. The highest BCUT2D eigenvalue weighted by Gasteiger charge is 2.16. The van der Waals surface area contributed by atoms with Crippen LogP contribution in [0.15, 0.2) is 12.1 Å². The van der Waals surface area contributed by atoms with Crippen molar-refractivity contribution >= 4 is 21.4 Å². The molecule has 0 fully saturated rings. The fourth-order valence-corrected chi connectivity index (χ4v) is 2.12. The van der Waals surface area contributed by atoms with Crippen LogP contribution in [0.25, 0.3) is 0 Å². The molecule has 0 spiro atoms. The van der Waals surface area contributed by atoms with Gasteiger partial charge in [-0.25, -0.2) is 17.2 Å². The van der Waals surface area contributed by atoms with E-state index in [9.17, 15) is 17.2 Å². The van der Waals surface area contributed by atoms with Crippen molar-refractivity contribution in [2.45, 2.75) is 0 Å². The first-order chi connectivity index (χ1) is 7.85. The lowest BCUT2D eigenvalue weighted by molar-refractivity contribution is 0.217. The van der Waals surface area contributed by atoms with E-state index in [-0.39, 0.29) is 18.0 Å². The standard InChI is InChI=1S/C9H12F2N2O3S/c1-16-2-3-17(14,15)13-9-7(11)4-6(10)5-8(9)12/h4-5,13H,2-3,12H2,1H3. The highest BCUT2D eigenvalue weighted by molar-refractivity contribution is 7.92. The Balaban J connectivity index is 2.96. The Morgan fingerprint density at radius 2 is 2.06 bits per heavy atom. The van der Waals surface area contributed by atoms with Gasteiger partial charge in [0.05, 0.1) is 18.0 Å². The van der Waals surface area contributed by atoms with E-state index in [1.807, 2.05) is 4.72 Å². The van der Waals surface area contributed by atoms with Crippen molar-refractivity contribution in [1.29, 1.82) is 0 Å². The van der Waals surface area contributed by atoms with Gasteiger partial charge in [0.1, 0.15) is 11.5 Å². The molecule has 0 saturated heterocycles. The predicted molar refractivity (Wildman–Crippen MR) is 60.1 cm³/mol. The second-order valence-corrected chi connectivity index (χ2v) is 5.11. The molecule has 8 heteroatoms. The molecule has 0 aliphatic carbocycles. The summed E-state index contributed by atoms with van der Waals surface area (Å²) in [5.41, 5.74) is 4.55. The van der Waals surface area contributed by atoms with Crippen LogP contribution in [0, 0.1) is 11.6 Å². The molecule has 1 rings (SSSR count). The summed E-state index contributed by atoms with van der Waals surface area (Å²) in [5.74, 6) is -2.29. The third kappa shape index (κ3) is 3.82. The lowest BCUT2D eigenvalue weighted by atomic mass is 10.2. The molecule has 0 aliphatic rings. The largest absolute Gasteiger partial charge is 0.397 e. The number of ether oxygens (including phenoxy) is 1. The predicted octanol–water partition coefficient (Wildman–Crippen LogP) is 0.935. The molecule has 1 aromatic rings. The second-order valence-electron chi connectivity index (χ2n) is 3.27. The van der Waals surface area contributed by atoms with Crippen LogP contribution in [0.5, 0.6) is 0 Å². The van der Waals surface area contributed by atoms with E-state index in [0.29, 0.717) is 6.07 Å². The smallest absolute Gasteiger partial charge is 0.235 e. The van der Waals surface area contributed by atoms with Gasteiger partial charge in [-0.1, -0.05) is 0 Å². The number of nitrogens with two attached hydrogens (primary N) is 1. The van der Waals surface area contributed by atoms with E-state index in [4.69, 9.17) is 5.73 Å². The van der Waals surface area contributed by atoms with Crippen LogP contribution in [0.2, 0.25) is 0 Å². The van der Waals surface area contributed by atoms with Gasteiger partial charge in [0, 0.05) is 13.2 Å². The zero-order valence-corrected chi connectivity index (χ0v) is 9.85. The van der Waals surface area contributed by atoms with Crippen molar-refractivity contribution in [2.75, 3.05) is 29.9 Å². The van der Waals surface area contributed by atoms with Crippen molar-refractivity contribution in [3.05, 3.63) is 23.8 Å². The lowest BCUT2D eigenvalue weighted by Gasteiger charge is -2.10. The molecular weight excluding hydrogens is 254 g/mol. The van der Waals surface area contributed by atoms with E-state index in [1.54, 1.807) is 0 Å². The number of sulfonamides is 1. The Hall–Kier alpha value is -1.41. The van der Waals surface area contributed by atoms with E-state index in [1.165, 1.54) is 7.11 Å². The fourth-order valence-electron chi connectivity index (χ4n) is 1.10. The number of nitrogens with one attached hydrogen (secondary N) is 1. The molecule has 0 unspecified atom stereocenters. The van der Waals surface area contributed by atoms with Crippen molar-refractivity contribution in [3.8, 4) is 0 Å². The summed E-state index contributed by atoms with van der Waals surface area (Å²) in [5, 5.41) is 0. The topological polar surface area (TPSA) is 81.4 Å². The monoisotopic (exact) mass is 266 g/mol. The molecule has 0 amide bonds. The van der Waals surface area contributed by atoms with Gasteiger partial charge in [-0.15, -0.1) is 0 Å². The van der Waals surface area contributed by atoms with Crippen LogP contribution in [0.4, 0.5) is 20.2 Å². The number of nitrogen functional groups attached to an aromatic ring is 1. The van der Waals surface area contributed by atoms with Crippen molar-refractivity contribution < 1.29 is 21.9 Å². The number of anilines is 2. The summed E-state index contributed by atoms with van der Waals surface area (Å²) < 4.78 is 55.4. The number of halogens is 2. The minimum atomic E-state index is -3.77. The molecule has 1 aromatic carbocycles. The van der Waals surface area contributed by atoms with Gasteiger partial charge in [-0.3, -0.25) is 4.72 Å². The number of rotatable bonds is 5. The summed E-state index contributed by atoms with van der Waals surface area (Å²) in [7, 11) is -2.44. The Kier molecular flexibility index (Phi) is 4.24. The van der Waals surface area contributed by atoms with E-state index in [0.717, 1.165) is 6.07 Å². The molecule has 3 N–H and O–H groups in total. The van der Waals surface area contributed by atoms with E-state index < -0.39 is 27.3 Å². The minimum absolute atomic E-state index is 0.0436. The molecule has 0 heterocycles. The molecule has 0 aliphatic heterocycles. The average molecular weight is 266 g/mol. The first-order valence-electron chi connectivity index (χ1n) is 4.59. The molecule has 0 aromatic heterocycles. The van der Waals surface area contributed by atoms with Crippen LogP contribution in [0.1, 0.15) is 0 Å². The van der Waals surface area contributed by atoms with Gasteiger partial charge in [-0.2, -0.15) is 0 Å². The SMILES string of the molecule is COCCS(=O)(=O)Nc1c(N)cc(F)cc1F. The molecule has 17 heavy (non-hydrogen) atoms. The molecule has 0 atom stereocenters. The first kappa shape index (κ1) is 13.7. The van der Waals surface area contributed by atoms with Crippen LogP contribution >= 0.6 is 0 Å². The van der Waals surface area contributed by atoms with Gasteiger partial charge in [0.2, 0.25) is 10.0 Å². The Morgan fingerprint density at radius 3 is 2.59 bits per heavy atom. The van der Waals surface area contributed by atoms with E-state index in [2.05, 4.69) is 4.74 Å². The van der Waals surface area contributed by atoms with Crippen LogP contribution in [-0.2, 0) is 14.8 Å². The number of hydrogen-bond donors (Lipinski definition) is 2. The van der Waals surface area contributed by atoms with Gasteiger partial charge >= 0.3 is 0 Å². The third-order valence-corrected chi connectivity index (χ3v) is 3.12. The maximum absolute atomic E-state index is 13.3. The molecule has 0 bridgehead atoms. The fraction of sp³-hybridized carbons (Fsp3) is 0.333. The highest BCUT2D eigenvalue weighted by atomic mass is 32.2. The van der Waals surface area contributed by atoms with E-state index >= 15 is 0 Å². The lowest BCUT2D eigenvalue weighted by Crippen LogP contribution is -2.21. The minimum Gasteiger partial charge on any atom is -0.397 e. The number of hydrogen-bond acceptors (Lipinski definition) is 4. The summed E-state index contributed by atoms with van der Waals surface area (Å²) >= 11 is 0. The molecule has 0 radical (unpaired) electrons. The van der Waals surface area contributed by atoms with Crippen molar-refractivity contribution in [2.24, 2.45) is 0 Å². The zero-order chi connectivity index (χ0) is 13.1. The molecular formula is C9H12F2N2O3S. The normalized spacial score (nSPS) is 11.5. The Morgan fingerprint density at radius 1 is 1.41 bits per heavy atom. The van der Waals surface area contributed by atoms with Gasteiger partial charge in [0.15, 0.2) is 5.82 Å². The summed E-state index contributed by atoms with van der Waals surface area (Å²) in [6.07, 6.45) is 0. The second kappa shape index (κ2) is 5.28. The number of benzene rings is 1. The summed E-state index contributed by atoms with van der Waals surface area (Å²) in [4.78, 5) is 0. The number of methoxy groups -OCH3 is 1. The van der Waals surface area contributed by atoms with Gasteiger partial charge in [-0.05, 0) is 6.07 Å². The van der Waals surface area contributed by atoms with Crippen molar-refractivity contribution in [3.63, 3.8) is 0 Å². The molecule has 5 nitrogen and oxygen atoms in total. The summed E-state index contributed by atoms with van der Waals surface area (Å²) in [6, 6.07) is 1.38. The Bertz CT molecular complexity index is 482. The van der Waals surface area contributed by atoms with Crippen molar-refractivity contribution in [1.82, 2.24) is 0 Å². The van der Waals surface area contributed by atoms with Gasteiger partial charge in [0.25, 0.3) is 0 Å². The maximum atomic E-state index is 13.3. The highest BCUT2D eigenvalue weighted by Crippen LogP contribution is 2.24. The van der Waals surface area contributed by atoms with Crippen LogP contribution in [0.3, 0.4) is 0 Å². The maximum Gasteiger partial charge on any atom is 0.235 e.